The Morgan fingerprint density at radius 1 is 0.976 bits per heavy atom. The standard InChI is InChI=1S/C34H35N3O5/c1-34(2,3)42-24-16-30(32(38)36-17-22-12-14-23(15-13-22)31-18-35-21-41-31)37(19-24)33(39)40-20-29-27-10-6-4-8-25(27)26-9-5-7-11-28(26)29/h4-15,18,21,24,29-30H,16-17,19-20H2,1-3H3,(H,36,38)/t24?,30-/m0/s1. The number of hydrogen-bond donors (Lipinski definition) is 1. The molecule has 0 saturated carbocycles. The largest absolute Gasteiger partial charge is 0.448 e. The molecular formula is C34H35N3O5. The van der Waals surface area contributed by atoms with Gasteiger partial charge < -0.3 is 19.2 Å². The lowest BCUT2D eigenvalue weighted by Crippen LogP contribution is -2.46. The first-order chi connectivity index (χ1) is 20.3. The van der Waals surface area contributed by atoms with Gasteiger partial charge in [-0.3, -0.25) is 9.69 Å². The molecule has 0 bridgehead atoms. The van der Waals surface area contributed by atoms with Crippen LogP contribution in [0.4, 0.5) is 4.79 Å². The highest BCUT2D eigenvalue weighted by Crippen LogP contribution is 2.44. The number of carbonyl (C=O) groups is 2. The second-order valence-corrected chi connectivity index (χ2v) is 11.8. The third kappa shape index (κ3) is 5.81. The monoisotopic (exact) mass is 565 g/mol. The summed E-state index contributed by atoms with van der Waals surface area (Å²) in [6.07, 6.45) is 2.67. The molecule has 1 aromatic heterocycles. The lowest BCUT2D eigenvalue weighted by molar-refractivity contribution is -0.125. The lowest BCUT2D eigenvalue weighted by atomic mass is 9.98. The van der Waals surface area contributed by atoms with Crippen molar-refractivity contribution in [2.75, 3.05) is 13.2 Å². The van der Waals surface area contributed by atoms with E-state index in [2.05, 4.69) is 34.6 Å². The van der Waals surface area contributed by atoms with Crippen LogP contribution >= 0.6 is 0 Å². The average molecular weight is 566 g/mol. The number of likely N-dealkylation sites (tertiary alicyclic amines) is 1. The minimum absolute atomic E-state index is 0.0576. The first kappa shape index (κ1) is 27.7. The Bertz CT molecular complexity index is 1510. The van der Waals surface area contributed by atoms with Crippen LogP contribution in [-0.2, 0) is 20.8 Å². The van der Waals surface area contributed by atoms with E-state index in [0.29, 0.717) is 18.7 Å². The number of ether oxygens (including phenoxy) is 2. The van der Waals surface area contributed by atoms with Crippen LogP contribution in [0.2, 0.25) is 0 Å². The van der Waals surface area contributed by atoms with Crippen LogP contribution in [0.25, 0.3) is 22.5 Å². The fourth-order valence-corrected chi connectivity index (χ4v) is 5.96. The van der Waals surface area contributed by atoms with Gasteiger partial charge in [-0.25, -0.2) is 9.78 Å². The van der Waals surface area contributed by atoms with E-state index in [1.165, 1.54) is 22.4 Å². The number of nitrogens with zero attached hydrogens (tertiary/aromatic N) is 2. The summed E-state index contributed by atoms with van der Waals surface area (Å²) in [5.41, 5.74) is 6.05. The molecule has 2 atom stereocenters. The molecule has 1 fully saturated rings. The molecule has 1 aliphatic heterocycles. The summed E-state index contributed by atoms with van der Waals surface area (Å²) in [5.74, 6) is 0.390. The molecule has 1 unspecified atom stereocenters. The predicted molar refractivity (Wildman–Crippen MR) is 159 cm³/mol. The number of rotatable bonds is 7. The molecule has 216 valence electrons. The quantitative estimate of drug-likeness (QED) is 0.288. The topological polar surface area (TPSA) is 93.9 Å². The van der Waals surface area contributed by atoms with Crippen molar-refractivity contribution in [2.24, 2.45) is 0 Å². The molecule has 0 radical (unpaired) electrons. The van der Waals surface area contributed by atoms with Crippen molar-refractivity contribution in [1.82, 2.24) is 15.2 Å². The van der Waals surface area contributed by atoms with Crippen molar-refractivity contribution >= 4 is 12.0 Å². The summed E-state index contributed by atoms with van der Waals surface area (Å²) in [6.45, 7) is 6.73. The van der Waals surface area contributed by atoms with E-state index in [0.717, 1.165) is 22.3 Å². The van der Waals surface area contributed by atoms with Crippen LogP contribution in [0, 0.1) is 0 Å². The molecule has 4 aromatic rings. The summed E-state index contributed by atoms with van der Waals surface area (Å²) in [6, 6.07) is 23.5. The third-order valence-electron chi connectivity index (χ3n) is 7.79. The number of nitrogens with one attached hydrogen (secondary N) is 1. The van der Waals surface area contributed by atoms with Crippen molar-refractivity contribution < 1.29 is 23.5 Å². The van der Waals surface area contributed by atoms with E-state index >= 15 is 0 Å². The summed E-state index contributed by atoms with van der Waals surface area (Å²) in [5, 5.41) is 3.01. The minimum Gasteiger partial charge on any atom is -0.448 e. The van der Waals surface area contributed by atoms with Crippen molar-refractivity contribution in [3.05, 3.63) is 102 Å². The normalized spacial score (nSPS) is 18.0. The first-order valence-electron chi connectivity index (χ1n) is 14.3. The van der Waals surface area contributed by atoms with Gasteiger partial charge in [-0.2, -0.15) is 0 Å². The van der Waals surface area contributed by atoms with Gasteiger partial charge >= 0.3 is 6.09 Å². The van der Waals surface area contributed by atoms with Crippen LogP contribution < -0.4 is 5.32 Å². The zero-order chi connectivity index (χ0) is 29.3. The third-order valence-corrected chi connectivity index (χ3v) is 7.79. The van der Waals surface area contributed by atoms with Crippen LogP contribution in [0.15, 0.2) is 89.8 Å². The Kier molecular flexibility index (Phi) is 7.56. The van der Waals surface area contributed by atoms with E-state index in [1.54, 1.807) is 6.20 Å². The molecule has 8 nitrogen and oxygen atoms in total. The van der Waals surface area contributed by atoms with Gasteiger partial charge in [0.15, 0.2) is 12.2 Å². The Balaban J connectivity index is 1.13. The van der Waals surface area contributed by atoms with E-state index < -0.39 is 17.7 Å². The molecule has 1 saturated heterocycles. The van der Waals surface area contributed by atoms with Crippen LogP contribution in [0.1, 0.15) is 49.8 Å². The summed E-state index contributed by atoms with van der Waals surface area (Å²) >= 11 is 0. The zero-order valence-corrected chi connectivity index (χ0v) is 24.1. The van der Waals surface area contributed by atoms with Gasteiger partial charge in [0, 0.05) is 24.4 Å². The Hall–Kier alpha value is -4.43. The SMILES string of the molecule is CC(C)(C)OC1C[C@@H](C(=O)NCc2ccc(-c3cnco3)cc2)N(C(=O)OCC2c3ccccc3-c3ccccc32)C1. The Morgan fingerprint density at radius 3 is 2.26 bits per heavy atom. The molecule has 0 spiro atoms. The number of fused-ring (bicyclic) bond motifs is 3. The Labute approximate surface area is 245 Å². The van der Waals surface area contributed by atoms with E-state index in [1.807, 2.05) is 69.3 Å². The number of hydrogen-bond acceptors (Lipinski definition) is 6. The summed E-state index contributed by atoms with van der Waals surface area (Å²) in [7, 11) is 0. The molecule has 3 aromatic carbocycles. The Morgan fingerprint density at radius 2 is 1.64 bits per heavy atom. The fraction of sp³-hybridized carbons (Fsp3) is 0.324. The number of aromatic nitrogens is 1. The second kappa shape index (κ2) is 11.4. The summed E-state index contributed by atoms with van der Waals surface area (Å²) < 4.78 is 17.5. The maximum Gasteiger partial charge on any atom is 0.410 e. The van der Waals surface area contributed by atoms with Crippen molar-refractivity contribution in [3.8, 4) is 22.5 Å². The molecular weight excluding hydrogens is 530 g/mol. The zero-order valence-electron chi connectivity index (χ0n) is 24.1. The molecule has 2 heterocycles. The maximum atomic E-state index is 13.5. The summed E-state index contributed by atoms with van der Waals surface area (Å²) in [4.78, 5) is 32.4. The van der Waals surface area contributed by atoms with Crippen LogP contribution in [0.3, 0.4) is 0 Å². The second-order valence-electron chi connectivity index (χ2n) is 11.8. The van der Waals surface area contributed by atoms with Crippen LogP contribution in [0.5, 0.6) is 0 Å². The smallest absolute Gasteiger partial charge is 0.410 e. The number of benzene rings is 3. The van der Waals surface area contributed by atoms with E-state index in [9.17, 15) is 9.59 Å². The highest BCUT2D eigenvalue weighted by atomic mass is 16.6. The average Bonchev–Trinajstić information content (AvgIpc) is 3.73. The van der Waals surface area contributed by atoms with E-state index in [4.69, 9.17) is 13.9 Å². The molecule has 8 heteroatoms. The van der Waals surface area contributed by atoms with Gasteiger partial charge in [-0.1, -0.05) is 72.8 Å². The fourth-order valence-electron chi connectivity index (χ4n) is 5.96. The van der Waals surface area contributed by atoms with Gasteiger partial charge in [0.1, 0.15) is 12.6 Å². The van der Waals surface area contributed by atoms with Gasteiger partial charge in [-0.05, 0) is 48.6 Å². The maximum absolute atomic E-state index is 13.5. The van der Waals surface area contributed by atoms with Gasteiger partial charge in [0.2, 0.25) is 5.91 Å². The molecule has 1 N–H and O–H groups in total. The van der Waals surface area contributed by atoms with Gasteiger partial charge in [-0.15, -0.1) is 0 Å². The first-order valence-corrected chi connectivity index (χ1v) is 14.3. The van der Waals surface area contributed by atoms with Gasteiger partial charge in [0.05, 0.1) is 24.4 Å². The molecule has 2 aliphatic rings. The molecule has 1 aliphatic carbocycles. The molecule has 6 rings (SSSR count). The van der Waals surface area contributed by atoms with Gasteiger partial charge in [0.25, 0.3) is 0 Å². The lowest BCUT2D eigenvalue weighted by Gasteiger charge is -2.25. The number of oxazole rings is 1. The van der Waals surface area contributed by atoms with Crippen molar-refractivity contribution in [2.45, 2.75) is 57.4 Å². The number of amides is 2. The highest BCUT2D eigenvalue weighted by molar-refractivity contribution is 5.86. The predicted octanol–water partition coefficient (Wildman–Crippen LogP) is 6.16. The minimum atomic E-state index is -0.693. The molecule has 42 heavy (non-hydrogen) atoms. The molecule has 2 amide bonds. The van der Waals surface area contributed by atoms with Crippen molar-refractivity contribution in [1.29, 1.82) is 0 Å². The highest BCUT2D eigenvalue weighted by Gasteiger charge is 2.42. The van der Waals surface area contributed by atoms with E-state index in [-0.39, 0.29) is 31.1 Å². The van der Waals surface area contributed by atoms with Crippen molar-refractivity contribution in [3.63, 3.8) is 0 Å². The number of carbonyl (C=O) groups excluding carboxylic acids is 2. The van der Waals surface area contributed by atoms with Crippen LogP contribution in [-0.4, -0.2) is 52.8 Å².